The zero-order valence-corrected chi connectivity index (χ0v) is 9.84. The van der Waals surface area contributed by atoms with Crippen LogP contribution in [0, 0.1) is 6.92 Å². The first kappa shape index (κ1) is 11.6. The summed E-state index contributed by atoms with van der Waals surface area (Å²) in [4.78, 5) is 25.2. The number of amides is 1. The van der Waals surface area contributed by atoms with Crippen molar-refractivity contribution in [2.45, 2.75) is 13.5 Å². The molecule has 0 unspecified atom stereocenters. The van der Waals surface area contributed by atoms with Gasteiger partial charge in [-0.15, -0.1) is 0 Å². The van der Waals surface area contributed by atoms with E-state index in [0.717, 1.165) is 16.8 Å². The van der Waals surface area contributed by atoms with Gasteiger partial charge in [0, 0.05) is 16.3 Å². The van der Waals surface area contributed by atoms with E-state index in [9.17, 15) is 9.59 Å². The fourth-order valence-electron chi connectivity index (χ4n) is 1.59. The van der Waals surface area contributed by atoms with Crippen LogP contribution in [-0.2, 0) is 16.1 Å². The summed E-state index contributed by atoms with van der Waals surface area (Å²) in [5.41, 5.74) is 2.78. The molecule has 0 bridgehead atoms. The minimum atomic E-state index is -0.731. The number of aldehydes is 1. The molecule has 1 amide bonds. The molecular formula is C11H10ClN3O2. The first-order valence-electron chi connectivity index (χ1n) is 4.97. The third kappa shape index (κ3) is 2.29. The average Bonchev–Trinajstić information content (AvgIpc) is 2.34. The molecule has 6 heteroatoms. The number of hydrogen-bond donors (Lipinski definition) is 2. The van der Waals surface area contributed by atoms with Gasteiger partial charge in [-0.25, -0.2) is 4.99 Å². The van der Waals surface area contributed by atoms with Crippen LogP contribution in [0.5, 0.6) is 0 Å². The SMILES string of the molecule is Cc1c(Cl)ccc2c1CN=C(NC(=O)C=O)N2. The molecule has 0 saturated carbocycles. The van der Waals surface area contributed by atoms with Gasteiger partial charge in [0.25, 0.3) is 5.91 Å². The Labute approximate surface area is 103 Å². The Morgan fingerprint density at radius 1 is 1.59 bits per heavy atom. The van der Waals surface area contributed by atoms with Gasteiger partial charge in [-0.3, -0.25) is 14.9 Å². The van der Waals surface area contributed by atoms with Gasteiger partial charge in [0.05, 0.1) is 6.54 Å². The first-order chi connectivity index (χ1) is 8.11. The number of aliphatic imine (C=N–C) groups is 1. The lowest BCUT2D eigenvalue weighted by Crippen LogP contribution is -2.38. The summed E-state index contributed by atoms with van der Waals surface area (Å²) in [6.45, 7) is 2.33. The fraction of sp³-hybridized carbons (Fsp3) is 0.182. The number of halogens is 1. The van der Waals surface area contributed by atoms with Gasteiger partial charge in [-0.2, -0.15) is 0 Å². The van der Waals surface area contributed by atoms with E-state index in [1.165, 1.54) is 0 Å². The monoisotopic (exact) mass is 251 g/mol. The van der Waals surface area contributed by atoms with Crippen LogP contribution >= 0.6 is 11.6 Å². The molecule has 0 atom stereocenters. The first-order valence-corrected chi connectivity index (χ1v) is 5.35. The van der Waals surface area contributed by atoms with Crippen molar-refractivity contribution in [2.24, 2.45) is 4.99 Å². The van der Waals surface area contributed by atoms with E-state index in [-0.39, 0.29) is 12.2 Å². The Morgan fingerprint density at radius 2 is 2.35 bits per heavy atom. The zero-order chi connectivity index (χ0) is 12.4. The molecule has 2 rings (SSSR count). The van der Waals surface area contributed by atoms with Gasteiger partial charge in [-0.1, -0.05) is 11.6 Å². The lowest BCUT2D eigenvalue weighted by atomic mass is 10.1. The maximum absolute atomic E-state index is 10.9. The van der Waals surface area contributed by atoms with Crippen molar-refractivity contribution in [1.29, 1.82) is 0 Å². The van der Waals surface area contributed by atoms with Gasteiger partial charge in [0.2, 0.25) is 12.2 Å². The Balaban J connectivity index is 2.23. The van der Waals surface area contributed by atoms with Gasteiger partial charge in [0.15, 0.2) is 0 Å². The Hall–Kier alpha value is -1.88. The molecule has 0 aromatic heterocycles. The number of carbonyl (C=O) groups is 2. The van der Waals surface area contributed by atoms with Crippen LogP contribution in [0.2, 0.25) is 5.02 Å². The van der Waals surface area contributed by atoms with E-state index >= 15 is 0 Å². The van der Waals surface area contributed by atoms with Crippen LogP contribution in [0.4, 0.5) is 5.69 Å². The smallest absolute Gasteiger partial charge is 0.290 e. The lowest BCUT2D eigenvalue weighted by Gasteiger charge is -2.20. The molecule has 1 aromatic carbocycles. The zero-order valence-electron chi connectivity index (χ0n) is 9.08. The number of nitrogens with zero attached hydrogens (tertiary/aromatic N) is 1. The third-order valence-electron chi connectivity index (χ3n) is 2.53. The molecule has 17 heavy (non-hydrogen) atoms. The summed E-state index contributed by atoms with van der Waals surface area (Å²) in [5, 5.41) is 5.95. The predicted octanol–water partition coefficient (Wildman–Crippen LogP) is 1.25. The standard InChI is InChI=1S/C11H10ClN3O2/c1-6-7-4-13-11(15-10(17)5-16)14-9(7)3-2-8(6)12/h2-3,5H,4H2,1H3,(H2,13,14,15,17). The average molecular weight is 252 g/mol. The largest absolute Gasteiger partial charge is 0.326 e. The van der Waals surface area contributed by atoms with E-state index in [1.807, 2.05) is 13.0 Å². The number of nitrogens with one attached hydrogen (secondary N) is 2. The lowest BCUT2D eigenvalue weighted by molar-refractivity contribution is -0.130. The molecule has 0 saturated heterocycles. The molecule has 88 valence electrons. The van der Waals surface area contributed by atoms with Crippen LogP contribution in [0.3, 0.4) is 0 Å². The number of fused-ring (bicyclic) bond motifs is 1. The van der Waals surface area contributed by atoms with Gasteiger partial charge in [-0.05, 0) is 24.6 Å². The van der Waals surface area contributed by atoms with Gasteiger partial charge < -0.3 is 5.32 Å². The number of carbonyl (C=O) groups excluding carboxylic acids is 2. The maximum atomic E-state index is 10.9. The molecular weight excluding hydrogens is 242 g/mol. The number of hydrogen-bond acceptors (Lipinski definition) is 4. The summed E-state index contributed by atoms with van der Waals surface area (Å²) in [5.74, 6) is -0.457. The van der Waals surface area contributed by atoms with Crippen molar-refractivity contribution in [3.05, 3.63) is 28.3 Å². The second-order valence-corrected chi connectivity index (χ2v) is 4.00. The highest BCUT2D eigenvalue weighted by Crippen LogP contribution is 2.28. The molecule has 0 aliphatic carbocycles. The third-order valence-corrected chi connectivity index (χ3v) is 2.94. The highest BCUT2D eigenvalue weighted by molar-refractivity contribution is 6.31. The highest BCUT2D eigenvalue weighted by atomic mass is 35.5. The molecule has 1 heterocycles. The van der Waals surface area contributed by atoms with Crippen LogP contribution < -0.4 is 10.6 Å². The van der Waals surface area contributed by atoms with E-state index in [1.54, 1.807) is 6.07 Å². The highest BCUT2D eigenvalue weighted by Gasteiger charge is 2.16. The van der Waals surface area contributed by atoms with Crippen LogP contribution in [0.15, 0.2) is 17.1 Å². The number of guanidine groups is 1. The minimum absolute atomic E-state index is 0.201. The molecule has 0 radical (unpaired) electrons. The maximum Gasteiger partial charge on any atom is 0.290 e. The molecule has 5 nitrogen and oxygen atoms in total. The van der Waals surface area contributed by atoms with Crippen molar-refractivity contribution in [3.63, 3.8) is 0 Å². The summed E-state index contributed by atoms with van der Waals surface area (Å²) < 4.78 is 0. The minimum Gasteiger partial charge on any atom is -0.326 e. The van der Waals surface area contributed by atoms with Crippen molar-refractivity contribution in [2.75, 3.05) is 5.32 Å². The van der Waals surface area contributed by atoms with Gasteiger partial charge in [0.1, 0.15) is 0 Å². The van der Waals surface area contributed by atoms with Crippen molar-refractivity contribution in [3.8, 4) is 0 Å². The second kappa shape index (κ2) is 4.55. The van der Waals surface area contributed by atoms with Crippen LogP contribution in [0.1, 0.15) is 11.1 Å². The number of rotatable bonds is 1. The number of anilines is 1. The second-order valence-electron chi connectivity index (χ2n) is 3.60. The summed E-state index contributed by atoms with van der Waals surface area (Å²) in [6.07, 6.45) is 0.201. The summed E-state index contributed by atoms with van der Waals surface area (Å²) in [6, 6.07) is 3.58. The topological polar surface area (TPSA) is 70.6 Å². The van der Waals surface area contributed by atoms with E-state index < -0.39 is 5.91 Å². The van der Waals surface area contributed by atoms with E-state index in [2.05, 4.69) is 15.6 Å². The van der Waals surface area contributed by atoms with Crippen LogP contribution in [-0.4, -0.2) is 18.2 Å². The van der Waals surface area contributed by atoms with Crippen molar-refractivity contribution < 1.29 is 9.59 Å². The van der Waals surface area contributed by atoms with Gasteiger partial charge >= 0.3 is 0 Å². The fourth-order valence-corrected chi connectivity index (χ4v) is 1.77. The van der Waals surface area contributed by atoms with Crippen molar-refractivity contribution >= 4 is 35.4 Å². The number of benzene rings is 1. The van der Waals surface area contributed by atoms with E-state index in [0.29, 0.717) is 11.6 Å². The normalized spacial score (nSPS) is 13.2. The van der Waals surface area contributed by atoms with Crippen molar-refractivity contribution in [1.82, 2.24) is 5.32 Å². The Kier molecular flexibility index (Phi) is 3.10. The van der Waals surface area contributed by atoms with Crippen LogP contribution in [0.25, 0.3) is 0 Å². The Morgan fingerprint density at radius 3 is 3.06 bits per heavy atom. The molecule has 0 fully saturated rings. The molecule has 1 aliphatic rings. The van der Waals surface area contributed by atoms with E-state index in [4.69, 9.17) is 11.6 Å². The molecule has 0 spiro atoms. The summed E-state index contributed by atoms with van der Waals surface area (Å²) in [7, 11) is 0. The molecule has 1 aromatic rings. The Bertz CT molecular complexity index is 526. The molecule has 1 aliphatic heterocycles. The quantitative estimate of drug-likeness (QED) is 0.583. The summed E-state index contributed by atoms with van der Waals surface area (Å²) >= 11 is 6.00. The molecule has 2 N–H and O–H groups in total. The predicted molar refractivity (Wildman–Crippen MR) is 65.2 cm³/mol.